The summed E-state index contributed by atoms with van der Waals surface area (Å²) in [6.07, 6.45) is 4.11. The van der Waals surface area contributed by atoms with Gasteiger partial charge in [-0.05, 0) is 39.7 Å². The number of likely N-dealkylation sites (tertiary alicyclic amines) is 1. The fourth-order valence-corrected chi connectivity index (χ4v) is 2.73. The SMILES string of the molecule is CN=C(NCc1ccnc(C)n1)NC1CCN(C(C)C)CC1. The number of aryl methyl sites for hydroxylation is 1. The van der Waals surface area contributed by atoms with Crippen molar-refractivity contribution in [2.75, 3.05) is 20.1 Å². The smallest absolute Gasteiger partial charge is 0.191 e. The molecule has 0 amide bonds. The molecule has 1 fully saturated rings. The maximum absolute atomic E-state index is 4.39. The third-order valence-electron chi connectivity index (χ3n) is 4.09. The van der Waals surface area contributed by atoms with Crippen LogP contribution in [0.1, 0.15) is 38.2 Å². The predicted octanol–water partition coefficient (Wildman–Crippen LogP) is 1.32. The van der Waals surface area contributed by atoms with Gasteiger partial charge in [0.15, 0.2) is 5.96 Å². The van der Waals surface area contributed by atoms with Crippen molar-refractivity contribution < 1.29 is 0 Å². The zero-order chi connectivity index (χ0) is 15.9. The molecule has 1 aliphatic rings. The van der Waals surface area contributed by atoms with E-state index >= 15 is 0 Å². The summed E-state index contributed by atoms with van der Waals surface area (Å²) in [6, 6.07) is 3.06. The fraction of sp³-hybridized carbons (Fsp3) is 0.688. The Morgan fingerprint density at radius 1 is 1.41 bits per heavy atom. The normalized spacial score (nSPS) is 17.8. The zero-order valence-corrected chi connectivity index (χ0v) is 14.1. The molecule has 0 bridgehead atoms. The van der Waals surface area contributed by atoms with Gasteiger partial charge < -0.3 is 15.5 Å². The van der Waals surface area contributed by atoms with Crippen molar-refractivity contribution in [1.82, 2.24) is 25.5 Å². The summed E-state index contributed by atoms with van der Waals surface area (Å²) in [5, 5.41) is 6.85. The van der Waals surface area contributed by atoms with Crippen LogP contribution < -0.4 is 10.6 Å². The van der Waals surface area contributed by atoms with E-state index in [-0.39, 0.29) is 0 Å². The van der Waals surface area contributed by atoms with Gasteiger partial charge in [-0.3, -0.25) is 4.99 Å². The summed E-state index contributed by atoms with van der Waals surface area (Å²) in [6.45, 7) is 9.39. The van der Waals surface area contributed by atoms with Gasteiger partial charge in [-0.25, -0.2) is 9.97 Å². The van der Waals surface area contributed by atoms with Crippen LogP contribution in [0.4, 0.5) is 0 Å². The maximum Gasteiger partial charge on any atom is 0.191 e. The Kier molecular flexibility index (Phi) is 6.12. The molecular weight excluding hydrogens is 276 g/mol. The number of aliphatic imine (C=N–C) groups is 1. The summed E-state index contributed by atoms with van der Waals surface area (Å²) in [5.74, 6) is 1.64. The minimum Gasteiger partial charge on any atom is -0.354 e. The Bertz CT molecular complexity index is 491. The molecule has 1 aliphatic heterocycles. The highest BCUT2D eigenvalue weighted by Crippen LogP contribution is 2.12. The summed E-state index contributed by atoms with van der Waals surface area (Å²) in [7, 11) is 1.81. The van der Waals surface area contributed by atoms with Crippen LogP contribution in [-0.4, -0.2) is 53.0 Å². The fourth-order valence-electron chi connectivity index (χ4n) is 2.73. The highest BCUT2D eigenvalue weighted by Gasteiger charge is 2.21. The van der Waals surface area contributed by atoms with Gasteiger partial charge in [0.25, 0.3) is 0 Å². The minimum atomic E-state index is 0.494. The quantitative estimate of drug-likeness (QED) is 0.649. The molecule has 0 spiro atoms. The van der Waals surface area contributed by atoms with E-state index in [9.17, 15) is 0 Å². The highest BCUT2D eigenvalue weighted by molar-refractivity contribution is 5.79. The van der Waals surface area contributed by atoms with E-state index in [1.165, 1.54) is 0 Å². The van der Waals surface area contributed by atoms with Crippen molar-refractivity contribution in [3.05, 3.63) is 23.8 Å². The first kappa shape index (κ1) is 16.7. The second-order valence-corrected chi connectivity index (χ2v) is 6.07. The van der Waals surface area contributed by atoms with Gasteiger partial charge in [-0.1, -0.05) is 0 Å². The number of rotatable bonds is 4. The van der Waals surface area contributed by atoms with Crippen molar-refractivity contribution in [3.8, 4) is 0 Å². The Hall–Kier alpha value is -1.69. The standard InChI is InChI=1S/C16H28N6/c1-12(2)22-9-6-14(7-10-22)21-16(17-4)19-11-15-5-8-18-13(3)20-15/h5,8,12,14H,6-7,9-11H2,1-4H3,(H2,17,19,21). The third-order valence-corrected chi connectivity index (χ3v) is 4.09. The molecule has 1 aromatic heterocycles. The van der Waals surface area contributed by atoms with Crippen LogP contribution in [0, 0.1) is 6.92 Å². The van der Waals surface area contributed by atoms with E-state index in [1.54, 1.807) is 6.20 Å². The predicted molar refractivity (Wildman–Crippen MR) is 89.8 cm³/mol. The molecule has 6 heteroatoms. The van der Waals surface area contributed by atoms with E-state index < -0.39 is 0 Å². The van der Waals surface area contributed by atoms with E-state index in [2.05, 4.69) is 44.3 Å². The van der Waals surface area contributed by atoms with Crippen LogP contribution in [0.3, 0.4) is 0 Å². The molecule has 6 nitrogen and oxygen atoms in total. The first-order valence-corrected chi connectivity index (χ1v) is 8.08. The van der Waals surface area contributed by atoms with Crippen LogP contribution in [0.5, 0.6) is 0 Å². The van der Waals surface area contributed by atoms with Crippen molar-refractivity contribution >= 4 is 5.96 Å². The lowest BCUT2D eigenvalue weighted by Crippen LogP contribution is -2.49. The number of hydrogen-bond acceptors (Lipinski definition) is 4. The van der Waals surface area contributed by atoms with Crippen molar-refractivity contribution in [2.24, 2.45) is 4.99 Å². The van der Waals surface area contributed by atoms with Crippen LogP contribution >= 0.6 is 0 Å². The van der Waals surface area contributed by atoms with Crippen LogP contribution in [0.25, 0.3) is 0 Å². The van der Waals surface area contributed by atoms with Gasteiger partial charge in [-0.2, -0.15) is 0 Å². The molecule has 0 aliphatic carbocycles. The molecule has 0 radical (unpaired) electrons. The lowest BCUT2D eigenvalue weighted by atomic mass is 10.0. The number of nitrogens with one attached hydrogen (secondary N) is 2. The Labute approximate surface area is 133 Å². The molecule has 0 aromatic carbocycles. The summed E-state index contributed by atoms with van der Waals surface area (Å²) in [5.41, 5.74) is 0.977. The highest BCUT2D eigenvalue weighted by atomic mass is 15.2. The van der Waals surface area contributed by atoms with Gasteiger partial charge >= 0.3 is 0 Å². The topological polar surface area (TPSA) is 65.4 Å². The van der Waals surface area contributed by atoms with Crippen LogP contribution in [0.15, 0.2) is 17.3 Å². The minimum absolute atomic E-state index is 0.494. The first-order valence-electron chi connectivity index (χ1n) is 8.08. The Balaban J connectivity index is 1.78. The molecule has 22 heavy (non-hydrogen) atoms. The number of guanidine groups is 1. The summed E-state index contributed by atoms with van der Waals surface area (Å²) in [4.78, 5) is 15.3. The monoisotopic (exact) mass is 304 g/mol. The van der Waals surface area contributed by atoms with Gasteiger partial charge in [0.2, 0.25) is 0 Å². The molecule has 1 aromatic rings. The summed E-state index contributed by atoms with van der Waals surface area (Å²) < 4.78 is 0. The zero-order valence-electron chi connectivity index (χ0n) is 14.1. The van der Waals surface area contributed by atoms with E-state index in [0.717, 1.165) is 43.4 Å². The Morgan fingerprint density at radius 2 is 2.14 bits per heavy atom. The molecule has 1 saturated heterocycles. The molecular formula is C16H28N6. The second kappa shape index (κ2) is 8.08. The molecule has 0 saturated carbocycles. The molecule has 2 heterocycles. The average Bonchev–Trinajstić information content (AvgIpc) is 2.52. The van der Waals surface area contributed by atoms with E-state index in [4.69, 9.17) is 0 Å². The molecule has 0 unspecified atom stereocenters. The number of hydrogen-bond donors (Lipinski definition) is 2. The van der Waals surface area contributed by atoms with E-state index in [0.29, 0.717) is 18.6 Å². The van der Waals surface area contributed by atoms with Gasteiger partial charge in [0.1, 0.15) is 5.82 Å². The van der Waals surface area contributed by atoms with Crippen LogP contribution in [0.2, 0.25) is 0 Å². The van der Waals surface area contributed by atoms with Gasteiger partial charge in [0, 0.05) is 38.4 Å². The number of aromatic nitrogens is 2. The molecule has 2 N–H and O–H groups in total. The molecule has 0 atom stereocenters. The van der Waals surface area contributed by atoms with Gasteiger partial charge in [-0.15, -0.1) is 0 Å². The maximum atomic E-state index is 4.39. The van der Waals surface area contributed by atoms with Crippen LogP contribution in [-0.2, 0) is 6.54 Å². The average molecular weight is 304 g/mol. The second-order valence-electron chi connectivity index (χ2n) is 6.07. The first-order chi connectivity index (χ1) is 10.6. The van der Waals surface area contributed by atoms with E-state index in [1.807, 2.05) is 20.0 Å². The molecule has 2 rings (SSSR count). The third kappa shape index (κ3) is 4.94. The lowest BCUT2D eigenvalue weighted by molar-refractivity contribution is 0.167. The van der Waals surface area contributed by atoms with Crippen molar-refractivity contribution in [2.45, 2.75) is 52.2 Å². The van der Waals surface area contributed by atoms with Crippen molar-refractivity contribution in [3.63, 3.8) is 0 Å². The van der Waals surface area contributed by atoms with Crippen molar-refractivity contribution in [1.29, 1.82) is 0 Å². The largest absolute Gasteiger partial charge is 0.354 e. The molecule has 122 valence electrons. The van der Waals surface area contributed by atoms with Gasteiger partial charge in [0.05, 0.1) is 12.2 Å². The number of nitrogens with zero attached hydrogens (tertiary/aromatic N) is 4. The number of piperidine rings is 1. The lowest BCUT2D eigenvalue weighted by Gasteiger charge is -2.35. The summed E-state index contributed by atoms with van der Waals surface area (Å²) >= 11 is 0. The Morgan fingerprint density at radius 3 is 2.73 bits per heavy atom.